The quantitative estimate of drug-likeness (QED) is 0.470. The Morgan fingerprint density at radius 1 is 1.17 bits per heavy atom. The summed E-state index contributed by atoms with van der Waals surface area (Å²) in [4.78, 5) is 18.6. The van der Waals surface area contributed by atoms with Gasteiger partial charge < -0.3 is 10.0 Å². The van der Waals surface area contributed by atoms with E-state index in [9.17, 15) is 23.2 Å². The molecule has 9 heteroatoms. The molecule has 0 fully saturated rings. The highest BCUT2D eigenvalue weighted by Crippen LogP contribution is 2.35. The number of halogens is 4. The first kappa shape index (κ1) is 20.3. The molecule has 0 spiro atoms. The lowest BCUT2D eigenvalue weighted by molar-refractivity contribution is -0.137. The number of aromatic nitrogens is 1. The van der Waals surface area contributed by atoms with Crippen LogP contribution in [-0.2, 0) is 12.6 Å². The Bertz CT molecular complexity index is 1220. The summed E-state index contributed by atoms with van der Waals surface area (Å²) in [5, 5.41) is 13.6. The van der Waals surface area contributed by atoms with Gasteiger partial charge in [-0.15, -0.1) is 0 Å². The third-order valence-corrected chi connectivity index (χ3v) is 5.60. The highest BCUT2D eigenvalue weighted by atomic mass is 35.5. The summed E-state index contributed by atoms with van der Waals surface area (Å²) in [5.41, 5.74) is 0.916. The van der Waals surface area contributed by atoms with Crippen LogP contribution in [0.2, 0.25) is 5.02 Å². The van der Waals surface area contributed by atoms with Crippen molar-refractivity contribution in [1.82, 2.24) is 4.73 Å². The molecule has 0 aliphatic heterocycles. The molecular weight excluding hydrogens is 421 g/mol. The summed E-state index contributed by atoms with van der Waals surface area (Å²) in [6.07, 6.45) is -3.91. The molecule has 1 aliphatic carbocycles. The van der Waals surface area contributed by atoms with Crippen LogP contribution in [0.5, 0.6) is 0 Å². The number of rotatable bonds is 2. The van der Waals surface area contributed by atoms with Crippen LogP contribution in [0, 0.1) is 0 Å². The van der Waals surface area contributed by atoms with Crippen LogP contribution >= 0.6 is 11.6 Å². The number of oxime groups is 1. The molecule has 30 heavy (non-hydrogen) atoms. The van der Waals surface area contributed by atoms with Crippen molar-refractivity contribution in [3.05, 3.63) is 80.1 Å². The zero-order valence-electron chi connectivity index (χ0n) is 15.7. The molecule has 0 bridgehead atoms. The fraction of sp³-hybridized carbons (Fsp3) is 0.238. The molecule has 0 amide bonds. The van der Waals surface area contributed by atoms with E-state index in [1.165, 1.54) is 30.0 Å². The van der Waals surface area contributed by atoms with Gasteiger partial charge in [-0.25, -0.2) is 0 Å². The molecule has 4 rings (SSSR count). The third-order valence-electron chi connectivity index (χ3n) is 5.36. The van der Waals surface area contributed by atoms with Crippen LogP contribution in [0.3, 0.4) is 0 Å². The van der Waals surface area contributed by atoms with E-state index in [-0.39, 0.29) is 29.0 Å². The largest absolute Gasteiger partial charge is 0.417 e. The second-order valence-electron chi connectivity index (χ2n) is 7.06. The van der Waals surface area contributed by atoms with E-state index in [2.05, 4.69) is 5.16 Å². The van der Waals surface area contributed by atoms with Crippen LogP contribution in [0.15, 0.2) is 52.4 Å². The molecule has 2 aromatic carbocycles. The van der Waals surface area contributed by atoms with Crippen molar-refractivity contribution in [1.29, 1.82) is 0 Å². The van der Waals surface area contributed by atoms with E-state index in [1.807, 2.05) is 0 Å². The van der Waals surface area contributed by atoms with Crippen LogP contribution in [0.1, 0.15) is 34.7 Å². The summed E-state index contributed by atoms with van der Waals surface area (Å²) >= 11 is 6.04. The van der Waals surface area contributed by atoms with Crippen molar-refractivity contribution in [2.24, 2.45) is 5.16 Å². The van der Waals surface area contributed by atoms with Crippen molar-refractivity contribution in [3.63, 3.8) is 0 Å². The number of hydrogen-bond acceptors (Lipinski definition) is 4. The number of nitrogens with zero attached hydrogens (tertiary/aromatic N) is 2. The maximum absolute atomic E-state index is 13.1. The van der Waals surface area contributed by atoms with Crippen LogP contribution in [0.4, 0.5) is 13.2 Å². The maximum atomic E-state index is 13.1. The first-order chi connectivity index (χ1) is 14.2. The maximum Gasteiger partial charge on any atom is 0.416 e. The topological polar surface area (TPSA) is 63.8 Å². The molecule has 5 nitrogen and oxygen atoms in total. The molecule has 0 radical (unpaired) electrons. The minimum Gasteiger partial charge on any atom is -0.417 e. The Balaban J connectivity index is 1.87. The van der Waals surface area contributed by atoms with Crippen LogP contribution < -0.4 is 10.3 Å². The lowest BCUT2D eigenvalue weighted by atomic mass is 9.80. The lowest BCUT2D eigenvalue weighted by Gasteiger charge is -2.28. The molecule has 1 unspecified atom stereocenters. The number of fused-ring (bicyclic) bond motifs is 2. The normalized spacial score (nSPS) is 17.9. The van der Waals surface area contributed by atoms with Crippen LogP contribution in [-0.4, -0.2) is 22.8 Å². The zero-order chi connectivity index (χ0) is 21.6. The summed E-state index contributed by atoms with van der Waals surface area (Å²) in [6.45, 7) is 0. The summed E-state index contributed by atoms with van der Waals surface area (Å²) < 4.78 is 40.1. The van der Waals surface area contributed by atoms with Gasteiger partial charge in [-0.2, -0.15) is 17.9 Å². The molecule has 1 N–H and O–H groups in total. The van der Waals surface area contributed by atoms with E-state index < -0.39 is 11.7 Å². The Hall–Kier alpha value is -3.00. The van der Waals surface area contributed by atoms with Gasteiger partial charge in [0.25, 0.3) is 0 Å². The number of pyridine rings is 1. The number of hydrogen-bond donors (Lipinski definition) is 1. The lowest BCUT2D eigenvalue weighted by Crippen LogP contribution is -2.32. The highest BCUT2D eigenvalue weighted by Gasteiger charge is 2.33. The SMILES string of the molecule is COn1c2c(c(=O)c3cc(Cl)ccc31)/C(=N\O)CC(c1ccc(C(F)(F)F)cc1)C2. The Labute approximate surface area is 173 Å². The van der Waals surface area contributed by atoms with E-state index in [4.69, 9.17) is 16.4 Å². The van der Waals surface area contributed by atoms with Crippen molar-refractivity contribution >= 4 is 28.2 Å². The van der Waals surface area contributed by atoms with Crippen LogP contribution in [0.25, 0.3) is 10.9 Å². The third kappa shape index (κ3) is 3.31. The average molecular weight is 437 g/mol. The highest BCUT2D eigenvalue weighted by molar-refractivity contribution is 6.31. The molecule has 1 aromatic heterocycles. The van der Waals surface area contributed by atoms with E-state index >= 15 is 0 Å². The second kappa shape index (κ2) is 7.36. The smallest absolute Gasteiger partial charge is 0.416 e. The van der Waals surface area contributed by atoms with Gasteiger partial charge in [0, 0.05) is 11.4 Å². The Morgan fingerprint density at radius 2 is 1.87 bits per heavy atom. The van der Waals surface area contributed by atoms with Gasteiger partial charge in [0.05, 0.1) is 33.4 Å². The van der Waals surface area contributed by atoms with Gasteiger partial charge in [0.2, 0.25) is 0 Å². The monoisotopic (exact) mass is 436 g/mol. The molecule has 1 aliphatic rings. The summed E-state index contributed by atoms with van der Waals surface area (Å²) in [5.74, 6) is -0.295. The molecule has 3 aromatic rings. The number of alkyl halides is 3. The fourth-order valence-electron chi connectivity index (χ4n) is 3.98. The molecule has 0 saturated heterocycles. The molecule has 0 saturated carbocycles. The van der Waals surface area contributed by atoms with E-state index in [1.54, 1.807) is 12.1 Å². The van der Waals surface area contributed by atoms with Gasteiger partial charge >= 0.3 is 6.18 Å². The summed E-state index contributed by atoms with van der Waals surface area (Å²) in [6, 6.07) is 9.65. The van der Waals surface area contributed by atoms with E-state index in [0.717, 1.165) is 12.1 Å². The first-order valence-corrected chi connectivity index (χ1v) is 9.42. The van der Waals surface area contributed by atoms with E-state index in [0.29, 0.717) is 33.6 Å². The minimum atomic E-state index is -4.42. The van der Waals surface area contributed by atoms with Crippen molar-refractivity contribution in [2.75, 3.05) is 7.11 Å². The molecule has 1 heterocycles. The predicted octanol–water partition coefficient (Wildman–Crippen LogP) is 4.64. The average Bonchev–Trinajstić information content (AvgIpc) is 2.73. The van der Waals surface area contributed by atoms with Gasteiger partial charge in [-0.05, 0) is 48.2 Å². The molecule has 156 valence electrons. The van der Waals surface area contributed by atoms with Crippen molar-refractivity contribution in [3.8, 4) is 0 Å². The minimum absolute atomic E-state index is 0.152. The molecular formula is C21H16ClF3N2O3. The number of benzene rings is 2. The van der Waals surface area contributed by atoms with Gasteiger partial charge in [0.15, 0.2) is 5.43 Å². The van der Waals surface area contributed by atoms with Gasteiger partial charge in [0.1, 0.15) is 7.11 Å². The first-order valence-electron chi connectivity index (χ1n) is 9.04. The Kier molecular flexibility index (Phi) is 4.97. The molecule has 1 atom stereocenters. The fourth-order valence-corrected chi connectivity index (χ4v) is 4.15. The Morgan fingerprint density at radius 3 is 2.47 bits per heavy atom. The second-order valence-corrected chi connectivity index (χ2v) is 7.50. The van der Waals surface area contributed by atoms with Crippen molar-refractivity contribution in [2.45, 2.75) is 24.9 Å². The predicted molar refractivity (Wildman–Crippen MR) is 107 cm³/mol. The zero-order valence-corrected chi connectivity index (χ0v) is 16.5. The van der Waals surface area contributed by atoms with Gasteiger partial charge in [-0.3, -0.25) is 4.79 Å². The summed E-state index contributed by atoms with van der Waals surface area (Å²) in [7, 11) is 1.44. The van der Waals surface area contributed by atoms with Crippen molar-refractivity contribution < 1.29 is 23.2 Å². The van der Waals surface area contributed by atoms with Gasteiger partial charge in [-0.1, -0.05) is 28.9 Å². The standard InChI is InChI=1S/C21H16ClF3N2O3/c1-30-27-17-7-6-14(22)10-15(17)20(28)19-16(26-29)8-12(9-18(19)27)11-2-4-13(5-3-11)21(23,24)25/h2-7,10,12,29H,8-9H2,1H3/b26-16-.